The third-order valence-electron chi connectivity index (χ3n) is 5.02. The van der Waals surface area contributed by atoms with Crippen molar-refractivity contribution in [2.24, 2.45) is 0 Å². The van der Waals surface area contributed by atoms with Gasteiger partial charge < -0.3 is 10.2 Å². The van der Waals surface area contributed by atoms with Gasteiger partial charge in [-0.1, -0.05) is 66.7 Å². The fourth-order valence-electron chi connectivity index (χ4n) is 3.40. The molecule has 0 amide bonds. The first-order valence-corrected chi connectivity index (χ1v) is 9.36. The normalized spacial score (nSPS) is 10.8. The summed E-state index contributed by atoms with van der Waals surface area (Å²) in [5.74, 6) is 0.609. The smallest absolute Gasteiger partial charge is 0.118 e. The Morgan fingerprint density at radius 1 is 0.571 bits per heavy atom. The monoisotopic (exact) mass is 366 g/mol. The van der Waals surface area contributed by atoms with E-state index in [2.05, 4.69) is 48.5 Å². The Morgan fingerprint density at radius 3 is 1.86 bits per heavy atom. The highest BCUT2D eigenvalue weighted by molar-refractivity contribution is 5.67. The minimum Gasteiger partial charge on any atom is -0.508 e. The number of aryl methyl sites for hydroxylation is 1. The molecular weight excluding hydrogens is 344 g/mol. The molecule has 2 heteroatoms. The van der Waals surface area contributed by atoms with Crippen molar-refractivity contribution < 1.29 is 10.2 Å². The summed E-state index contributed by atoms with van der Waals surface area (Å²) in [5, 5.41) is 19.2. The van der Waals surface area contributed by atoms with Crippen LogP contribution in [0.15, 0.2) is 91.0 Å². The van der Waals surface area contributed by atoms with Gasteiger partial charge in [0.2, 0.25) is 0 Å². The molecule has 0 saturated heterocycles. The van der Waals surface area contributed by atoms with Crippen molar-refractivity contribution in [2.75, 3.05) is 0 Å². The Morgan fingerprint density at radius 2 is 1.18 bits per heavy atom. The van der Waals surface area contributed by atoms with E-state index in [4.69, 9.17) is 0 Å². The summed E-state index contributed by atoms with van der Waals surface area (Å²) in [6, 6.07) is 30.1. The molecule has 0 heterocycles. The highest BCUT2D eigenvalue weighted by atomic mass is 16.3. The van der Waals surface area contributed by atoms with E-state index in [0.717, 1.165) is 34.2 Å². The molecule has 4 aromatic carbocycles. The highest BCUT2D eigenvalue weighted by Crippen LogP contribution is 2.27. The molecule has 28 heavy (non-hydrogen) atoms. The van der Waals surface area contributed by atoms with Gasteiger partial charge >= 0.3 is 0 Å². The van der Waals surface area contributed by atoms with E-state index in [1.54, 1.807) is 18.2 Å². The Labute approximate surface area is 165 Å². The summed E-state index contributed by atoms with van der Waals surface area (Å²) < 4.78 is 0. The van der Waals surface area contributed by atoms with Gasteiger partial charge in [0.15, 0.2) is 0 Å². The van der Waals surface area contributed by atoms with Crippen LogP contribution in [0, 0.1) is 6.92 Å². The largest absolute Gasteiger partial charge is 0.508 e. The van der Waals surface area contributed by atoms with Crippen molar-refractivity contribution >= 4 is 0 Å². The fraction of sp³-hybridized carbons (Fsp3) is 0.0769. The van der Waals surface area contributed by atoms with Gasteiger partial charge in [0, 0.05) is 0 Å². The van der Waals surface area contributed by atoms with Crippen molar-refractivity contribution in [3.63, 3.8) is 0 Å². The van der Waals surface area contributed by atoms with E-state index < -0.39 is 0 Å². The zero-order chi connectivity index (χ0) is 19.5. The summed E-state index contributed by atoms with van der Waals surface area (Å²) in [6.07, 6.45) is 0.862. The van der Waals surface area contributed by atoms with E-state index in [9.17, 15) is 10.2 Å². The second kappa shape index (κ2) is 7.61. The average Bonchev–Trinajstić information content (AvgIpc) is 2.71. The summed E-state index contributed by atoms with van der Waals surface area (Å²) in [4.78, 5) is 0. The lowest BCUT2D eigenvalue weighted by Gasteiger charge is -2.08. The molecule has 0 aromatic heterocycles. The zero-order valence-electron chi connectivity index (χ0n) is 15.8. The zero-order valence-corrected chi connectivity index (χ0v) is 15.8. The van der Waals surface area contributed by atoms with Crippen LogP contribution in [0.1, 0.15) is 16.7 Å². The number of phenolic OH excluding ortho intramolecular Hbond substituents is 2. The Hall–Kier alpha value is -3.52. The van der Waals surface area contributed by atoms with Crippen LogP contribution < -0.4 is 0 Å². The van der Waals surface area contributed by atoms with Crippen LogP contribution in [0.5, 0.6) is 11.5 Å². The summed E-state index contributed by atoms with van der Waals surface area (Å²) in [6.45, 7) is 1.91. The minimum atomic E-state index is 0.281. The first kappa shape index (κ1) is 17.9. The van der Waals surface area contributed by atoms with Gasteiger partial charge in [0.1, 0.15) is 11.5 Å². The lowest BCUT2D eigenvalue weighted by Crippen LogP contribution is -1.89. The van der Waals surface area contributed by atoms with Crippen molar-refractivity contribution in [1.82, 2.24) is 0 Å². The Balaban J connectivity index is 1.54. The number of benzene rings is 4. The van der Waals surface area contributed by atoms with Gasteiger partial charge in [-0.3, -0.25) is 0 Å². The number of hydrogen-bond donors (Lipinski definition) is 2. The van der Waals surface area contributed by atoms with Crippen molar-refractivity contribution in [3.8, 4) is 33.8 Å². The Bertz CT molecular complexity index is 1090. The van der Waals surface area contributed by atoms with Gasteiger partial charge in [0.05, 0.1) is 0 Å². The first-order chi connectivity index (χ1) is 13.6. The van der Waals surface area contributed by atoms with Crippen molar-refractivity contribution in [1.29, 1.82) is 0 Å². The van der Waals surface area contributed by atoms with Crippen molar-refractivity contribution in [2.45, 2.75) is 13.3 Å². The average molecular weight is 366 g/mol. The quantitative estimate of drug-likeness (QED) is 0.443. The molecule has 0 fully saturated rings. The maximum atomic E-state index is 9.70. The molecule has 0 unspecified atom stereocenters. The van der Waals surface area contributed by atoms with Crippen LogP contribution >= 0.6 is 0 Å². The summed E-state index contributed by atoms with van der Waals surface area (Å²) in [7, 11) is 0. The molecule has 0 aliphatic rings. The molecule has 2 N–H and O–H groups in total. The van der Waals surface area contributed by atoms with E-state index in [-0.39, 0.29) is 5.75 Å². The third kappa shape index (κ3) is 3.91. The SMILES string of the molecule is Cc1cc(-c2ccc(Cc3cccc(-c4ccc(O)cc4)c3)cc2)ccc1O. The predicted molar refractivity (Wildman–Crippen MR) is 115 cm³/mol. The third-order valence-corrected chi connectivity index (χ3v) is 5.02. The molecule has 0 saturated carbocycles. The second-order valence-electron chi connectivity index (χ2n) is 7.12. The topological polar surface area (TPSA) is 40.5 Å². The van der Waals surface area contributed by atoms with E-state index in [1.165, 1.54) is 11.1 Å². The van der Waals surface area contributed by atoms with Gasteiger partial charge in [-0.25, -0.2) is 0 Å². The van der Waals surface area contributed by atoms with Crippen LogP contribution in [0.4, 0.5) is 0 Å². The molecule has 0 atom stereocenters. The van der Waals surface area contributed by atoms with Crippen LogP contribution in [-0.2, 0) is 6.42 Å². The van der Waals surface area contributed by atoms with Gasteiger partial charge in [-0.15, -0.1) is 0 Å². The lowest BCUT2D eigenvalue weighted by atomic mass is 9.97. The lowest BCUT2D eigenvalue weighted by molar-refractivity contribution is 0.471. The van der Waals surface area contributed by atoms with Crippen LogP contribution in [0.25, 0.3) is 22.3 Å². The van der Waals surface area contributed by atoms with Crippen LogP contribution in [-0.4, -0.2) is 10.2 Å². The molecule has 0 spiro atoms. The number of phenols is 2. The highest BCUT2D eigenvalue weighted by Gasteiger charge is 2.04. The van der Waals surface area contributed by atoms with Gasteiger partial charge in [-0.05, 0) is 76.6 Å². The fourth-order valence-corrected chi connectivity index (χ4v) is 3.40. The number of aromatic hydroxyl groups is 2. The maximum absolute atomic E-state index is 9.70. The van der Waals surface area contributed by atoms with E-state index in [0.29, 0.717) is 5.75 Å². The number of rotatable bonds is 4. The Kier molecular flexibility index (Phi) is 4.86. The predicted octanol–water partition coefficient (Wildman–Crippen LogP) is 6.33. The molecule has 0 aliphatic carbocycles. The summed E-state index contributed by atoms with van der Waals surface area (Å²) in [5.41, 5.74) is 7.88. The molecule has 0 aliphatic heterocycles. The van der Waals surface area contributed by atoms with Crippen molar-refractivity contribution in [3.05, 3.63) is 108 Å². The molecule has 2 nitrogen and oxygen atoms in total. The molecule has 138 valence electrons. The first-order valence-electron chi connectivity index (χ1n) is 9.36. The summed E-state index contributed by atoms with van der Waals surface area (Å²) >= 11 is 0. The minimum absolute atomic E-state index is 0.281. The van der Waals surface area contributed by atoms with Gasteiger partial charge in [0.25, 0.3) is 0 Å². The number of hydrogen-bond acceptors (Lipinski definition) is 2. The molecule has 4 aromatic rings. The van der Waals surface area contributed by atoms with Gasteiger partial charge in [-0.2, -0.15) is 0 Å². The maximum Gasteiger partial charge on any atom is 0.118 e. The molecule has 4 rings (SSSR count). The van der Waals surface area contributed by atoms with E-state index in [1.807, 2.05) is 31.2 Å². The molecule has 0 bridgehead atoms. The van der Waals surface area contributed by atoms with Crippen LogP contribution in [0.3, 0.4) is 0 Å². The van der Waals surface area contributed by atoms with Crippen LogP contribution in [0.2, 0.25) is 0 Å². The standard InChI is InChI=1S/C26H22O2/c1-18-15-24(11-14-26(18)28)21-7-5-19(6-8-21)16-20-3-2-4-23(17-20)22-9-12-25(27)13-10-22/h2-15,17,27-28H,16H2,1H3. The molecule has 0 radical (unpaired) electrons. The van der Waals surface area contributed by atoms with E-state index >= 15 is 0 Å². The second-order valence-corrected chi connectivity index (χ2v) is 7.12. The molecular formula is C26H22O2.